The van der Waals surface area contributed by atoms with Crippen LogP contribution in [0.15, 0.2) is 27.3 Å². The molecule has 2 amide bonds. The van der Waals surface area contributed by atoms with Gasteiger partial charge in [-0.25, -0.2) is 0 Å². The lowest BCUT2D eigenvalue weighted by Gasteiger charge is -2.15. The highest BCUT2D eigenvalue weighted by molar-refractivity contribution is 5.79. The molecule has 128 valence electrons. The van der Waals surface area contributed by atoms with Crippen LogP contribution in [0.3, 0.4) is 0 Å². The minimum Gasteiger partial charge on any atom is -0.461 e. The topological polar surface area (TPSA) is 101 Å². The zero-order valence-corrected chi connectivity index (χ0v) is 13.4. The van der Waals surface area contributed by atoms with E-state index in [1.807, 2.05) is 4.90 Å². The summed E-state index contributed by atoms with van der Waals surface area (Å²) in [6.45, 7) is 2.03. The fraction of sp³-hybridized carbons (Fsp3) is 0.500. The number of amides is 2. The van der Waals surface area contributed by atoms with Gasteiger partial charge in [-0.2, -0.15) is 4.98 Å². The third kappa shape index (κ3) is 4.21. The van der Waals surface area contributed by atoms with E-state index in [-0.39, 0.29) is 18.2 Å². The van der Waals surface area contributed by atoms with Crippen LogP contribution in [-0.4, -0.2) is 46.5 Å². The summed E-state index contributed by atoms with van der Waals surface area (Å²) >= 11 is 0. The Labute approximate surface area is 139 Å². The SMILES string of the molecule is O=C(CCc1nc(-c2ccco2)no1)NCCC(=O)N1CCCC1. The Kier molecular flexibility index (Phi) is 5.25. The summed E-state index contributed by atoms with van der Waals surface area (Å²) in [5.41, 5.74) is 0. The second kappa shape index (κ2) is 7.76. The highest BCUT2D eigenvalue weighted by atomic mass is 16.5. The predicted octanol–water partition coefficient (Wildman–Crippen LogP) is 1.39. The van der Waals surface area contributed by atoms with Gasteiger partial charge in [-0.3, -0.25) is 9.59 Å². The Morgan fingerprint density at radius 3 is 2.83 bits per heavy atom. The quantitative estimate of drug-likeness (QED) is 0.822. The molecule has 24 heavy (non-hydrogen) atoms. The molecule has 1 aliphatic heterocycles. The molecular formula is C16H20N4O4. The van der Waals surface area contributed by atoms with E-state index < -0.39 is 0 Å². The molecule has 0 radical (unpaired) electrons. The number of aromatic nitrogens is 2. The van der Waals surface area contributed by atoms with Crippen molar-refractivity contribution in [3.8, 4) is 11.6 Å². The number of hydrogen-bond acceptors (Lipinski definition) is 6. The number of carbonyl (C=O) groups is 2. The lowest BCUT2D eigenvalue weighted by molar-refractivity contribution is -0.130. The van der Waals surface area contributed by atoms with Gasteiger partial charge in [-0.1, -0.05) is 5.16 Å². The van der Waals surface area contributed by atoms with Gasteiger partial charge in [0.2, 0.25) is 23.5 Å². The van der Waals surface area contributed by atoms with Crippen molar-refractivity contribution in [2.75, 3.05) is 19.6 Å². The van der Waals surface area contributed by atoms with E-state index in [9.17, 15) is 9.59 Å². The molecule has 0 unspecified atom stereocenters. The summed E-state index contributed by atoms with van der Waals surface area (Å²) in [5.74, 6) is 1.24. The maximum atomic E-state index is 11.9. The van der Waals surface area contributed by atoms with Crippen LogP contribution >= 0.6 is 0 Å². The van der Waals surface area contributed by atoms with Crippen molar-refractivity contribution in [2.24, 2.45) is 0 Å². The molecule has 0 aromatic carbocycles. The number of furan rings is 1. The van der Waals surface area contributed by atoms with Gasteiger partial charge in [-0.15, -0.1) is 0 Å². The molecule has 0 atom stereocenters. The maximum Gasteiger partial charge on any atom is 0.238 e. The molecule has 1 N–H and O–H groups in total. The van der Waals surface area contributed by atoms with Crippen molar-refractivity contribution < 1.29 is 18.5 Å². The Morgan fingerprint density at radius 2 is 2.08 bits per heavy atom. The Bertz CT molecular complexity index is 674. The fourth-order valence-corrected chi connectivity index (χ4v) is 2.60. The first-order chi connectivity index (χ1) is 11.7. The first-order valence-corrected chi connectivity index (χ1v) is 8.13. The fourth-order valence-electron chi connectivity index (χ4n) is 2.60. The molecule has 2 aromatic rings. The van der Waals surface area contributed by atoms with Crippen LogP contribution in [0.5, 0.6) is 0 Å². The van der Waals surface area contributed by atoms with Crippen LogP contribution in [-0.2, 0) is 16.0 Å². The maximum absolute atomic E-state index is 11.9. The van der Waals surface area contributed by atoms with Crippen LogP contribution < -0.4 is 5.32 Å². The third-order valence-electron chi connectivity index (χ3n) is 3.90. The van der Waals surface area contributed by atoms with Crippen molar-refractivity contribution in [3.63, 3.8) is 0 Å². The van der Waals surface area contributed by atoms with Gasteiger partial charge in [0.1, 0.15) is 0 Å². The third-order valence-corrected chi connectivity index (χ3v) is 3.90. The van der Waals surface area contributed by atoms with Crippen LogP contribution in [0.25, 0.3) is 11.6 Å². The zero-order valence-electron chi connectivity index (χ0n) is 13.4. The Morgan fingerprint density at radius 1 is 1.25 bits per heavy atom. The molecule has 1 fully saturated rings. The highest BCUT2D eigenvalue weighted by Gasteiger charge is 2.17. The lowest BCUT2D eigenvalue weighted by atomic mass is 10.3. The molecule has 1 saturated heterocycles. The van der Waals surface area contributed by atoms with Gasteiger partial charge in [0, 0.05) is 38.9 Å². The van der Waals surface area contributed by atoms with Crippen molar-refractivity contribution >= 4 is 11.8 Å². The van der Waals surface area contributed by atoms with Crippen molar-refractivity contribution in [2.45, 2.75) is 32.1 Å². The van der Waals surface area contributed by atoms with Gasteiger partial charge in [0.15, 0.2) is 5.76 Å². The minimum atomic E-state index is -0.137. The molecule has 1 aliphatic rings. The minimum absolute atomic E-state index is 0.104. The average molecular weight is 332 g/mol. The highest BCUT2D eigenvalue weighted by Crippen LogP contribution is 2.16. The van der Waals surface area contributed by atoms with Gasteiger partial charge in [-0.05, 0) is 25.0 Å². The van der Waals surface area contributed by atoms with Crippen LogP contribution in [0.1, 0.15) is 31.6 Å². The summed E-state index contributed by atoms with van der Waals surface area (Å²) in [6.07, 6.45) is 4.60. The first kappa shape index (κ1) is 16.2. The van der Waals surface area contributed by atoms with Crippen LogP contribution in [0.4, 0.5) is 0 Å². The van der Waals surface area contributed by atoms with Gasteiger partial charge in [0.25, 0.3) is 0 Å². The van der Waals surface area contributed by atoms with E-state index in [0.29, 0.717) is 36.9 Å². The van der Waals surface area contributed by atoms with Gasteiger partial charge >= 0.3 is 0 Å². The van der Waals surface area contributed by atoms with Crippen LogP contribution in [0.2, 0.25) is 0 Å². The molecule has 0 bridgehead atoms. The Balaban J connectivity index is 1.36. The summed E-state index contributed by atoms with van der Waals surface area (Å²) < 4.78 is 10.3. The summed E-state index contributed by atoms with van der Waals surface area (Å²) in [7, 11) is 0. The van der Waals surface area contributed by atoms with Crippen molar-refractivity contribution in [1.29, 1.82) is 0 Å². The molecule has 0 spiro atoms. The monoisotopic (exact) mass is 332 g/mol. The normalized spacial score (nSPS) is 14.1. The van der Waals surface area contributed by atoms with Crippen LogP contribution in [0, 0.1) is 0 Å². The van der Waals surface area contributed by atoms with Gasteiger partial charge < -0.3 is 19.2 Å². The van der Waals surface area contributed by atoms with E-state index in [1.165, 1.54) is 6.26 Å². The van der Waals surface area contributed by atoms with E-state index in [4.69, 9.17) is 8.94 Å². The molecular weight excluding hydrogens is 312 g/mol. The number of rotatable bonds is 7. The lowest BCUT2D eigenvalue weighted by Crippen LogP contribution is -2.32. The zero-order chi connectivity index (χ0) is 16.8. The number of aryl methyl sites for hydroxylation is 1. The van der Waals surface area contributed by atoms with Crippen molar-refractivity contribution in [3.05, 3.63) is 24.3 Å². The first-order valence-electron chi connectivity index (χ1n) is 8.13. The molecule has 8 nitrogen and oxygen atoms in total. The molecule has 3 rings (SSSR count). The number of nitrogens with one attached hydrogen (secondary N) is 1. The van der Waals surface area contributed by atoms with E-state index >= 15 is 0 Å². The number of likely N-dealkylation sites (tertiary alicyclic amines) is 1. The van der Waals surface area contributed by atoms with E-state index in [0.717, 1.165) is 25.9 Å². The second-order valence-corrected chi connectivity index (χ2v) is 5.68. The largest absolute Gasteiger partial charge is 0.461 e. The summed E-state index contributed by atoms with van der Waals surface area (Å²) in [5, 5.41) is 6.55. The molecule has 0 aliphatic carbocycles. The van der Waals surface area contributed by atoms with E-state index in [2.05, 4.69) is 15.5 Å². The molecule has 8 heteroatoms. The average Bonchev–Trinajstić information content (AvgIpc) is 3.34. The number of hydrogen-bond donors (Lipinski definition) is 1. The predicted molar refractivity (Wildman–Crippen MR) is 83.8 cm³/mol. The molecule has 0 saturated carbocycles. The number of nitrogens with zero attached hydrogens (tertiary/aromatic N) is 3. The van der Waals surface area contributed by atoms with E-state index in [1.54, 1.807) is 12.1 Å². The Hall–Kier alpha value is -2.64. The molecule has 2 aromatic heterocycles. The standard InChI is InChI=1S/C16H20N4O4/c21-13(17-8-7-15(22)20-9-1-2-10-20)5-6-14-18-16(19-24-14)12-4-3-11-23-12/h3-4,11H,1-2,5-10H2,(H,17,21). The number of carbonyl (C=O) groups excluding carboxylic acids is 2. The van der Waals surface area contributed by atoms with Gasteiger partial charge in [0.05, 0.1) is 6.26 Å². The summed E-state index contributed by atoms with van der Waals surface area (Å²) in [4.78, 5) is 29.7. The second-order valence-electron chi connectivity index (χ2n) is 5.68. The molecule has 3 heterocycles. The smallest absolute Gasteiger partial charge is 0.238 e. The summed E-state index contributed by atoms with van der Waals surface area (Å²) in [6, 6.07) is 3.47. The van der Waals surface area contributed by atoms with Crippen molar-refractivity contribution in [1.82, 2.24) is 20.4 Å².